The van der Waals surface area contributed by atoms with Gasteiger partial charge in [0.2, 0.25) is 0 Å². The predicted molar refractivity (Wildman–Crippen MR) is 85.9 cm³/mol. The third-order valence-electron chi connectivity index (χ3n) is 3.58. The van der Waals surface area contributed by atoms with Crippen molar-refractivity contribution in [2.24, 2.45) is 0 Å². The van der Waals surface area contributed by atoms with Crippen LogP contribution in [0.4, 0.5) is 0 Å². The highest BCUT2D eigenvalue weighted by atomic mass is 16.5. The fourth-order valence-corrected chi connectivity index (χ4v) is 2.37. The van der Waals surface area contributed by atoms with Crippen molar-refractivity contribution >= 4 is 16.7 Å². The number of phenols is 1. The van der Waals surface area contributed by atoms with Crippen molar-refractivity contribution in [1.82, 2.24) is 0 Å². The molecule has 3 aromatic carbocycles. The second kappa shape index (κ2) is 6.20. The lowest BCUT2D eigenvalue weighted by Crippen LogP contribution is -2.06. The molecule has 0 saturated carbocycles. The fourth-order valence-electron chi connectivity index (χ4n) is 2.37. The van der Waals surface area contributed by atoms with Gasteiger partial charge in [-0.1, -0.05) is 42.5 Å². The topological polar surface area (TPSA) is 70.3 Å². The van der Waals surface area contributed by atoms with Crippen LogP contribution in [0, 0.1) is 11.3 Å². The van der Waals surface area contributed by atoms with Crippen LogP contribution in [0.2, 0.25) is 0 Å². The highest BCUT2D eigenvalue weighted by molar-refractivity contribution is 5.98. The van der Waals surface area contributed by atoms with Crippen LogP contribution in [-0.2, 0) is 11.3 Å². The van der Waals surface area contributed by atoms with E-state index in [0.29, 0.717) is 11.1 Å². The Kier molecular flexibility index (Phi) is 3.94. The Bertz CT molecular complexity index is 925. The molecular formula is C19H13NO3. The first-order chi connectivity index (χ1) is 11.2. The van der Waals surface area contributed by atoms with E-state index in [1.54, 1.807) is 30.3 Å². The van der Waals surface area contributed by atoms with Crippen LogP contribution >= 0.6 is 0 Å². The lowest BCUT2D eigenvalue weighted by Gasteiger charge is -2.09. The van der Waals surface area contributed by atoms with E-state index in [1.807, 2.05) is 24.3 Å². The van der Waals surface area contributed by atoms with Crippen molar-refractivity contribution in [2.75, 3.05) is 0 Å². The first-order valence-electron chi connectivity index (χ1n) is 7.06. The summed E-state index contributed by atoms with van der Waals surface area (Å²) in [6, 6.07) is 19.5. The highest BCUT2D eigenvalue weighted by Gasteiger charge is 2.14. The Hall–Kier alpha value is -3.32. The molecule has 0 aliphatic carbocycles. The zero-order chi connectivity index (χ0) is 16.2. The molecule has 0 atom stereocenters. The van der Waals surface area contributed by atoms with Crippen LogP contribution in [0.1, 0.15) is 21.5 Å². The lowest BCUT2D eigenvalue weighted by molar-refractivity contribution is 0.0469. The van der Waals surface area contributed by atoms with Crippen molar-refractivity contribution < 1.29 is 14.6 Å². The number of esters is 1. The Morgan fingerprint density at radius 3 is 2.43 bits per heavy atom. The number of carbonyl (C=O) groups is 1. The minimum Gasteiger partial charge on any atom is -0.507 e. The molecule has 3 rings (SSSR count). The Morgan fingerprint density at radius 1 is 1.04 bits per heavy atom. The summed E-state index contributed by atoms with van der Waals surface area (Å²) in [5.74, 6) is -0.747. The monoisotopic (exact) mass is 303 g/mol. The third-order valence-corrected chi connectivity index (χ3v) is 3.58. The number of benzene rings is 3. The Morgan fingerprint density at radius 2 is 1.70 bits per heavy atom. The number of hydrogen-bond acceptors (Lipinski definition) is 4. The molecule has 23 heavy (non-hydrogen) atoms. The first-order valence-corrected chi connectivity index (χ1v) is 7.06. The number of carbonyl (C=O) groups excluding carboxylic acids is 1. The van der Waals surface area contributed by atoms with Crippen molar-refractivity contribution in [1.29, 1.82) is 5.26 Å². The summed E-state index contributed by atoms with van der Waals surface area (Å²) in [4.78, 5) is 12.2. The summed E-state index contributed by atoms with van der Waals surface area (Å²) >= 11 is 0. The van der Waals surface area contributed by atoms with Gasteiger partial charge in [0, 0.05) is 5.56 Å². The molecule has 0 fully saturated rings. The number of fused-ring (bicyclic) bond motifs is 1. The molecule has 0 unspecified atom stereocenters. The van der Waals surface area contributed by atoms with Crippen LogP contribution in [-0.4, -0.2) is 11.1 Å². The number of nitrogens with zero attached hydrogens (tertiary/aromatic N) is 1. The van der Waals surface area contributed by atoms with Crippen LogP contribution in [0.15, 0.2) is 60.7 Å². The van der Waals surface area contributed by atoms with E-state index in [-0.39, 0.29) is 17.9 Å². The number of phenolic OH excluding ortho intramolecular Hbond substituents is 1. The molecule has 4 heteroatoms. The summed E-state index contributed by atoms with van der Waals surface area (Å²) in [6.07, 6.45) is 0. The van der Waals surface area contributed by atoms with Gasteiger partial charge in [-0.3, -0.25) is 0 Å². The van der Waals surface area contributed by atoms with E-state index < -0.39 is 5.97 Å². The maximum atomic E-state index is 12.2. The van der Waals surface area contributed by atoms with Gasteiger partial charge < -0.3 is 9.84 Å². The predicted octanol–water partition coefficient (Wildman–Crippen LogP) is 3.77. The van der Waals surface area contributed by atoms with Gasteiger partial charge in [-0.2, -0.15) is 5.26 Å². The van der Waals surface area contributed by atoms with E-state index >= 15 is 0 Å². The van der Waals surface area contributed by atoms with E-state index in [4.69, 9.17) is 10.00 Å². The molecule has 0 saturated heterocycles. The molecule has 4 nitrogen and oxygen atoms in total. The van der Waals surface area contributed by atoms with E-state index in [2.05, 4.69) is 6.07 Å². The number of nitriles is 1. The smallest absolute Gasteiger partial charge is 0.342 e. The van der Waals surface area contributed by atoms with Crippen LogP contribution in [0.5, 0.6) is 5.75 Å². The molecule has 0 aliphatic rings. The van der Waals surface area contributed by atoms with E-state index in [0.717, 1.165) is 10.8 Å². The highest BCUT2D eigenvalue weighted by Crippen LogP contribution is 2.26. The second-order valence-corrected chi connectivity index (χ2v) is 5.06. The maximum absolute atomic E-state index is 12.2. The minimum absolute atomic E-state index is 0.0190. The van der Waals surface area contributed by atoms with Gasteiger partial charge in [0.15, 0.2) is 0 Å². The summed E-state index contributed by atoms with van der Waals surface area (Å²) in [7, 11) is 0. The van der Waals surface area contributed by atoms with Crippen LogP contribution in [0.25, 0.3) is 10.8 Å². The van der Waals surface area contributed by atoms with Crippen molar-refractivity contribution in [2.45, 2.75) is 6.61 Å². The van der Waals surface area contributed by atoms with Crippen LogP contribution < -0.4 is 0 Å². The van der Waals surface area contributed by atoms with Crippen molar-refractivity contribution in [3.05, 3.63) is 77.4 Å². The molecule has 0 spiro atoms. The summed E-state index contributed by atoms with van der Waals surface area (Å²) in [6.45, 7) is -0.0190. The maximum Gasteiger partial charge on any atom is 0.342 e. The van der Waals surface area contributed by atoms with Gasteiger partial charge in [0.05, 0.1) is 11.6 Å². The van der Waals surface area contributed by atoms with E-state index in [1.165, 1.54) is 6.07 Å². The number of hydrogen-bond donors (Lipinski definition) is 1. The minimum atomic E-state index is -0.624. The Labute approximate surface area is 133 Å². The largest absolute Gasteiger partial charge is 0.507 e. The summed E-state index contributed by atoms with van der Waals surface area (Å²) in [5, 5.41) is 20.7. The second-order valence-electron chi connectivity index (χ2n) is 5.06. The average Bonchev–Trinajstić information content (AvgIpc) is 2.59. The van der Waals surface area contributed by atoms with Gasteiger partial charge in [0.1, 0.15) is 17.9 Å². The quantitative estimate of drug-likeness (QED) is 0.748. The molecule has 0 heterocycles. The van der Waals surface area contributed by atoms with E-state index in [9.17, 15) is 9.90 Å². The van der Waals surface area contributed by atoms with Gasteiger partial charge in [-0.05, 0) is 29.0 Å². The zero-order valence-electron chi connectivity index (χ0n) is 12.2. The first kappa shape index (κ1) is 14.6. The molecule has 112 valence electrons. The summed E-state index contributed by atoms with van der Waals surface area (Å²) < 4.78 is 5.24. The fraction of sp³-hybridized carbons (Fsp3) is 0.0526. The van der Waals surface area contributed by atoms with Crippen LogP contribution in [0.3, 0.4) is 0 Å². The molecule has 0 amide bonds. The molecule has 0 aromatic heterocycles. The number of ether oxygens (including phenoxy) is 1. The Balaban J connectivity index is 1.84. The lowest BCUT2D eigenvalue weighted by atomic mass is 10.1. The van der Waals surface area contributed by atoms with Gasteiger partial charge in [-0.15, -0.1) is 0 Å². The standard InChI is InChI=1S/C19H13NO3/c20-11-15-7-3-4-8-16(15)12-23-19(22)17-9-13-5-1-2-6-14(13)10-18(17)21/h1-10,21H,12H2. The SMILES string of the molecule is N#Cc1ccccc1COC(=O)c1cc2ccccc2cc1O. The van der Waals surface area contributed by atoms with Gasteiger partial charge in [0.25, 0.3) is 0 Å². The van der Waals surface area contributed by atoms with Crippen molar-refractivity contribution in [3.8, 4) is 11.8 Å². The zero-order valence-corrected chi connectivity index (χ0v) is 12.2. The molecule has 1 N–H and O–H groups in total. The average molecular weight is 303 g/mol. The third kappa shape index (κ3) is 2.99. The molecule has 0 radical (unpaired) electrons. The van der Waals surface area contributed by atoms with Gasteiger partial charge in [-0.25, -0.2) is 4.79 Å². The number of rotatable bonds is 3. The molecule has 3 aromatic rings. The number of aromatic hydroxyl groups is 1. The van der Waals surface area contributed by atoms with Crippen molar-refractivity contribution in [3.63, 3.8) is 0 Å². The molecular weight excluding hydrogens is 290 g/mol. The molecule has 0 bridgehead atoms. The summed E-state index contributed by atoms with van der Waals surface area (Å²) in [5.41, 5.74) is 1.20. The normalized spacial score (nSPS) is 10.2. The molecule has 0 aliphatic heterocycles. The van der Waals surface area contributed by atoms with Gasteiger partial charge >= 0.3 is 5.97 Å².